The number of carbonyl (C=O) groups excluding carboxylic acids is 4. The SMILES string of the molecule is CC(=O)OC[C@@H]1O[C@@H](n2cc(CO)c3ccccc32)[C@@H](OC(C)=O)[C@@H](OC(C)=O)[C@H]1OC(C)=O. The van der Waals surface area contributed by atoms with Crippen molar-refractivity contribution in [1.29, 1.82) is 0 Å². The summed E-state index contributed by atoms with van der Waals surface area (Å²) in [6, 6.07) is 7.18. The highest BCUT2D eigenvalue weighted by Gasteiger charge is 2.53. The predicted molar refractivity (Wildman–Crippen MR) is 115 cm³/mol. The van der Waals surface area contributed by atoms with Gasteiger partial charge in [-0.25, -0.2) is 0 Å². The minimum Gasteiger partial charge on any atom is -0.463 e. The van der Waals surface area contributed by atoms with Gasteiger partial charge < -0.3 is 33.4 Å². The summed E-state index contributed by atoms with van der Waals surface area (Å²) in [7, 11) is 0. The summed E-state index contributed by atoms with van der Waals surface area (Å²) in [4.78, 5) is 47.3. The van der Waals surface area contributed by atoms with E-state index in [0.29, 0.717) is 11.1 Å². The Balaban J connectivity index is 2.16. The Morgan fingerprint density at radius 2 is 1.47 bits per heavy atom. The zero-order valence-electron chi connectivity index (χ0n) is 19.3. The van der Waals surface area contributed by atoms with Crippen molar-refractivity contribution in [2.24, 2.45) is 0 Å². The molecule has 1 fully saturated rings. The number of aliphatic hydroxyl groups is 1. The Kier molecular flexibility index (Phi) is 7.90. The Morgan fingerprint density at radius 3 is 2.06 bits per heavy atom. The summed E-state index contributed by atoms with van der Waals surface area (Å²) in [6.07, 6.45) is -4.25. The molecule has 1 aromatic carbocycles. The molecule has 0 amide bonds. The van der Waals surface area contributed by atoms with Crippen molar-refractivity contribution in [2.75, 3.05) is 6.61 Å². The number of ether oxygens (including phenoxy) is 5. The lowest BCUT2D eigenvalue weighted by molar-refractivity contribution is -0.267. The van der Waals surface area contributed by atoms with Gasteiger partial charge in [-0.2, -0.15) is 0 Å². The topological polar surface area (TPSA) is 140 Å². The van der Waals surface area contributed by atoms with E-state index in [9.17, 15) is 24.3 Å². The summed E-state index contributed by atoms with van der Waals surface area (Å²) in [5.41, 5.74) is 1.23. The van der Waals surface area contributed by atoms with Crippen LogP contribution in [-0.4, -0.2) is 64.6 Å². The van der Waals surface area contributed by atoms with E-state index in [0.717, 1.165) is 19.2 Å². The molecule has 1 aromatic heterocycles. The van der Waals surface area contributed by atoms with Crippen LogP contribution < -0.4 is 0 Å². The van der Waals surface area contributed by atoms with Gasteiger partial charge in [0.05, 0.1) is 12.1 Å². The Morgan fingerprint density at radius 1 is 0.882 bits per heavy atom. The molecule has 0 unspecified atom stereocenters. The summed E-state index contributed by atoms with van der Waals surface area (Å²) < 4.78 is 29.3. The van der Waals surface area contributed by atoms with Crippen molar-refractivity contribution in [1.82, 2.24) is 4.57 Å². The Bertz CT molecular complexity index is 1080. The van der Waals surface area contributed by atoms with Crippen LogP contribution in [0.15, 0.2) is 30.5 Å². The van der Waals surface area contributed by atoms with E-state index in [1.165, 1.54) is 13.8 Å². The van der Waals surface area contributed by atoms with E-state index in [2.05, 4.69) is 0 Å². The number of fused-ring (bicyclic) bond motifs is 1. The average molecular weight is 477 g/mol. The van der Waals surface area contributed by atoms with Gasteiger partial charge in [0, 0.05) is 44.8 Å². The number of aliphatic hydroxyl groups excluding tert-OH is 1. The summed E-state index contributed by atoms with van der Waals surface area (Å²) >= 11 is 0. The molecule has 5 atom stereocenters. The van der Waals surface area contributed by atoms with E-state index in [4.69, 9.17) is 23.7 Å². The lowest BCUT2D eigenvalue weighted by Gasteiger charge is -2.44. The van der Waals surface area contributed by atoms with Gasteiger partial charge in [0.1, 0.15) is 12.7 Å². The highest BCUT2D eigenvalue weighted by molar-refractivity contribution is 5.84. The van der Waals surface area contributed by atoms with Crippen LogP contribution in [0.2, 0.25) is 0 Å². The number of para-hydroxylation sites is 1. The van der Waals surface area contributed by atoms with Crippen molar-refractivity contribution in [3.8, 4) is 0 Å². The van der Waals surface area contributed by atoms with E-state index in [-0.39, 0.29) is 13.2 Å². The van der Waals surface area contributed by atoms with E-state index >= 15 is 0 Å². The maximum atomic E-state index is 12.0. The quantitative estimate of drug-likeness (QED) is 0.459. The van der Waals surface area contributed by atoms with Gasteiger partial charge in [0.25, 0.3) is 0 Å². The third-order valence-electron chi connectivity index (χ3n) is 5.23. The van der Waals surface area contributed by atoms with Crippen molar-refractivity contribution < 1.29 is 48.0 Å². The highest BCUT2D eigenvalue weighted by Crippen LogP contribution is 2.37. The molecule has 34 heavy (non-hydrogen) atoms. The number of hydrogen-bond acceptors (Lipinski definition) is 10. The predicted octanol–water partition coefficient (Wildman–Crippen LogP) is 1.39. The normalized spacial score (nSPS) is 24.3. The molecule has 0 bridgehead atoms. The van der Waals surface area contributed by atoms with Gasteiger partial charge in [0.15, 0.2) is 24.5 Å². The van der Waals surface area contributed by atoms with Crippen LogP contribution in [0.4, 0.5) is 0 Å². The van der Waals surface area contributed by atoms with Crippen LogP contribution in [0, 0.1) is 0 Å². The molecule has 11 nitrogen and oxygen atoms in total. The standard InChI is InChI=1S/C23H27NO10/c1-12(26)30-11-19-20(31-13(2)27)21(32-14(3)28)22(33-15(4)29)23(34-19)24-9-16(10-25)17-7-5-6-8-18(17)24/h5-9,19-23,25H,10-11H2,1-4H3/t19-,20-,21-,22-,23+/m0/s1. The zero-order valence-corrected chi connectivity index (χ0v) is 19.3. The second kappa shape index (κ2) is 10.7. The number of hydrogen-bond donors (Lipinski definition) is 1. The second-order valence-electron chi connectivity index (χ2n) is 7.83. The third kappa shape index (κ3) is 5.54. The number of esters is 4. The lowest BCUT2D eigenvalue weighted by atomic mass is 9.97. The molecule has 0 saturated carbocycles. The summed E-state index contributed by atoms with van der Waals surface area (Å²) in [5, 5.41) is 10.6. The van der Waals surface area contributed by atoms with Crippen molar-refractivity contribution in [3.63, 3.8) is 0 Å². The average Bonchev–Trinajstić information content (AvgIpc) is 3.13. The third-order valence-corrected chi connectivity index (χ3v) is 5.23. The smallest absolute Gasteiger partial charge is 0.303 e. The first-order valence-corrected chi connectivity index (χ1v) is 10.6. The fourth-order valence-corrected chi connectivity index (χ4v) is 4.04. The number of rotatable bonds is 7. The molecule has 0 aliphatic carbocycles. The first-order chi connectivity index (χ1) is 16.1. The lowest BCUT2D eigenvalue weighted by Crippen LogP contribution is -2.60. The second-order valence-corrected chi connectivity index (χ2v) is 7.83. The van der Waals surface area contributed by atoms with Gasteiger partial charge in [-0.3, -0.25) is 19.2 Å². The Hall–Kier alpha value is -3.44. The molecule has 2 heterocycles. The van der Waals surface area contributed by atoms with Crippen molar-refractivity contribution in [2.45, 2.75) is 64.9 Å². The van der Waals surface area contributed by atoms with Crippen LogP contribution >= 0.6 is 0 Å². The molecular formula is C23H27NO10. The molecule has 1 saturated heterocycles. The molecule has 2 aromatic rings. The van der Waals surface area contributed by atoms with Gasteiger partial charge in [-0.05, 0) is 6.07 Å². The van der Waals surface area contributed by atoms with Crippen LogP contribution in [0.3, 0.4) is 0 Å². The minimum absolute atomic E-state index is 0.265. The fraction of sp³-hybridized carbons (Fsp3) is 0.478. The van der Waals surface area contributed by atoms with E-state index < -0.39 is 54.5 Å². The van der Waals surface area contributed by atoms with Gasteiger partial charge in [-0.1, -0.05) is 18.2 Å². The molecular weight excluding hydrogens is 450 g/mol. The molecule has 1 N–H and O–H groups in total. The summed E-state index contributed by atoms with van der Waals surface area (Å²) in [5.74, 6) is -2.69. The van der Waals surface area contributed by atoms with Crippen LogP contribution in [0.25, 0.3) is 10.9 Å². The van der Waals surface area contributed by atoms with Crippen molar-refractivity contribution >= 4 is 34.8 Å². The highest BCUT2D eigenvalue weighted by atomic mass is 16.7. The van der Waals surface area contributed by atoms with Crippen molar-refractivity contribution in [3.05, 3.63) is 36.0 Å². The maximum absolute atomic E-state index is 12.0. The zero-order chi connectivity index (χ0) is 25.0. The minimum atomic E-state index is -1.27. The van der Waals surface area contributed by atoms with Gasteiger partial charge in [-0.15, -0.1) is 0 Å². The molecule has 1 aliphatic rings. The number of nitrogens with zero attached hydrogens (tertiary/aromatic N) is 1. The van der Waals surface area contributed by atoms with Gasteiger partial charge >= 0.3 is 23.9 Å². The van der Waals surface area contributed by atoms with Crippen LogP contribution in [-0.2, 0) is 49.5 Å². The molecule has 184 valence electrons. The molecule has 3 rings (SSSR count). The van der Waals surface area contributed by atoms with Crippen LogP contribution in [0.5, 0.6) is 0 Å². The largest absolute Gasteiger partial charge is 0.463 e. The molecule has 11 heteroatoms. The molecule has 0 radical (unpaired) electrons. The first kappa shape index (κ1) is 25.2. The Labute approximate surface area is 195 Å². The first-order valence-electron chi connectivity index (χ1n) is 10.6. The van der Waals surface area contributed by atoms with Crippen LogP contribution in [0.1, 0.15) is 39.5 Å². The number of aromatic nitrogens is 1. The molecule has 1 aliphatic heterocycles. The molecule has 0 spiro atoms. The maximum Gasteiger partial charge on any atom is 0.303 e. The number of carbonyl (C=O) groups is 4. The number of benzene rings is 1. The fourth-order valence-electron chi connectivity index (χ4n) is 4.04. The van der Waals surface area contributed by atoms with E-state index in [1.807, 2.05) is 6.07 Å². The monoisotopic (exact) mass is 477 g/mol. The summed E-state index contributed by atoms with van der Waals surface area (Å²) in [6.45, 7) is 4.13. The van der Waals surface area contributed by atoms with Gasteiger partial charge in [0.2, 0.25) is 0 Å². The van der Waals surface area contributed by atoms with E-state index in [1.54, 1.807) is 29.0 Å².